The zero-order valence-corrected chi connectivity index (χ0v) is 17.5. The van der Waals surface area contributed by atoms with Crippen molar-refractivity contribution in [2.75, 3.05) is 11.9 Å². The summed E-state index contributed by atoms with van der Waals surface area (Å²) in [6.45, 7) is 2.53. The van der Waals surface area contributed by atoms with Gasteiger partial charge in [-0.1, -0.05) is 0 Å². The number of hydrogen-bond acceptors (Lipinski definition) is 7. The minimum atomic E-state index is -0.862. The van der Waals surface area contributed by atoms with Gasteiger partial charge in [0.2, 0.25) is 11.8 Å². The van der Waals surface area contributed by atoms with Crippen molar-refractivity contribution >= 4 is 11.6 Å². The molecule has 1 aliphatic rings. The Kier molecular flexibility index (Phi) is 5.42. The van der Waals surface area contributed by atoms with Crippen molar-refractivity contribution in [3.8, 4) is 22.8 Å². The maximum absolute atomic E-state index is 14.5. The average Bonchev–Trinajstić information content (AvgIpc) is 3.52. The molecule has 4 aromatic heterocycles. The van der Waals surface area contributed by atoms with E-state index in [0.717, 1.165) is 25.0 Å². The summed E-state index contributed by atoms with van der Waals surface area (Å²) in [7, 11) is 0. The maximum atomic E-state index is 14.5. The van der Waals surface area contributed by atoms with Crippen LogP contribution < -0.4 is 5.32 Å². The van der Waals surface area contributed by atoms with Gasteiger partial charge in [-0.25, -0.2) is 14.4 Å². The van der Waals surface area contributed by atoms with Crippen LogP contribution in [0.15, 0.2) is 41.4 Å². The Labute approximate surface area is 186 Å². The molecule has 4 heterocycles. The standard InChI is InChI=1S/C21H19F2N7O3/c1-2-32-13-5-12(6-13)30-9-15(19(29-30)18-14(22)3-4-17(23)28-18)26-20(31)16-10-33-21(27-16)11-7-24-25-8-11/h3-4,7-10,12-13H,2,5-6H2,1H3,(H,24,25)(H,26,31). The molecule has 0 aromatic carbocycles. The third-order valence-electron chi connectivity index (χ3n) is 5.34. The second-order valence-corrected chi connectivity index (χ2v) is 7.52. The highest BCUT2D eigenvalue weighted by molar-refractivity contribution is 6.04. The number of nitrogens with one attached hydrogen (secondary N) is 2. The van der Waals surface area contributed by atoms with Gasteiger partial charge in [-0.2, -0.15) is 14.6 Å². The molecule has 2 N–H and O–H groups in total. The number of carbonyl (C=O) groups is 1. The fraction of sp³-hybridized carbons (Fsp3) is 0.286. The predicted octanol–water partition coefficient (Wildman–Crippen LogP) is 3.59. The van der Waals surface area contributed by atoms with Gasteiger partial charge in [0.15, 0.2) is 11.5 Å². The summed E-state index contributed by atoms with van der Waals surface area (Å²) >= 11 is 0. The zero-order chi connectivity index (χ0) is 22.9. The van der Waals surface area contributed by atoms with Crippen LogP contribution in [0.5, 0.6) is 0 Å². The number of hydrogen-bond donors (Lipinski definition) is 2. The fourth-order valence-corrected chi connectivity index (χ4v) is 3.62. The molecule has 5 rings (SSSR count). The fourth-order valence-electron chi connectivity index (χ4n) is 3.62. The van der Waals surface area contributed by atoms with Crippen LogP contribution in [0.2, 0.25) is 0 Å². The smallest absolute Gasteiger partial charge is 0.277 e. The van der Waals surface area contributed by atoms with E-state index in [2.05, 4.69) is 30.6 Å². The van der Waals surface area contributed by atoms with Gasteiger partial charge in [0.25, 0.3) is 5.91 Å². The maximum Gasteiger partial charge on any atom is 0.277 e. The molecule has 4 aromatic rings. The van der Waals surface area contributed by atoms with Crippen LogP contribution in [-0.2, 0) is 4.74 Å². The summed E-state index contributed by atoms with van der Waals surface area (Å²) in [6.07, 6.45) is 7.40. The van der Waals surface area contributed by atoms with Crippen LogP contribution in [0.1, 0.15) is 36.3 Å². The van der Waals surface area contributed by atoms with E-state index in [9.17, 15) is 13.6 Å². The van der Waals surface area contributed by atoms with Crippen LogP contribution in [-0.4, -0.2) is 48.6 Å². The van der Waals surface area contributed by atoms with E-state index < -0.39 is 17.7 Å². The van der Waals surface area contributed by atoms with Crippen molar-refractivity contribution in [3.05, 3.63) is 54.4 Å². The van der Waals surface area contributed by atoms with Crippen molar-refractivity contribution in [1.29, 1.82) is 0 Å². The highest BCUT2D eigenvalue weighted by Gasteiger charge is 2.33. The number of carbonyl (C=O) groups excluding carboxylic acids is 1. The van der Waals surface area contributed by atoms with Crippen LogP contribution >= 0.6 is 0 Å². The lowest BCUT2D eigenvalue weighted by Gasteiger charge is -2.34. The second-order valence-electron chi connectivity index (χ2n) is 7.52. The van der Waals surface area contributed by atoms with E-state index in [4.69, 9.17) is 9.15 Å². The summed E-state index contributed by atoms with van der Waals surface area (Å²) in [6, 6.07) is 1.88. The first-order valence-electron chi connectivity index (χ1n) is 10.3. The molecule has 0 spiro atoms. The molecular formula is C21H19F2N7O3. The Bertz CT molecular complexity index is 1280. The largest absolute Gasteiger partial charge is 0.444 e. The molecule has 0 unspecified atom stereocenters. The van der Waals surface area contributed by atoms with Crippen LogP contribution in [0.25, 0.3) is 22.8 Å². The summed E-state index contributed by atoms with van der Waals surface area (Å²) < 4.78 is 40.8. The van der Waals surface area contributed by atoms with Crippen molar-refractivity contribution in [3.63, 3.8) is 0 Å². The normalized spacial score (nSPS) is 17.7. The Hall–Kier alpha value is -3.93. The van der Waals surface area contributed by atoms with E-state index in [0.29, 0.717) is 12.2 Å². The number of pyridine rings is 1. The summed E-state index contributed by atoms with van der Waals surface area (Å²) in [5, 5.41) is 13.5. The summed E-state index contributed by atoms with van der Waals surface area (Å²) in [5.41, 5.74) is 0.451. The van der Waals surface area contributed by atoms with Gasteiger partial charge in [0.1, 0.15) is 17.7 Å². The van der Waals surface area contributed by atoms with Gasteiger partial charge < -0.3 is 14.5 Å². The third-order valence-corrected chi connectivity index (χ3v) is 5.34. The third kappa shape index (κ3) is 4.12. The van der Waals surface area contributed by atoms with Gasteiger partial charge in [-0.3, -0.25) is 14.6 Å². The number of H-pyrrole nitrogens is 1. The first kappa shape index (κ1) is 20.9. The number of anilines is 1. The van der Waals surface area contributed by atoms with E-state index in [1.165, 1.54) is 12.5 Å². The molecule has 1 fully saturated rings. The van der Waals surface area contributed by atoms with Crippen molar-refractivity contribution in [2.45, 2.75) is 31.9 Å². The SMILES string of the molecule is CCOC1CC(n2cc(NC(=O)c3coc(-c4cn[nH]c4)n3)c(-c3nc(F)ccc3F)n2)C1. The number of amides is 1. The molecule has 10 nitrogen and oxygen atoms in total. The topological polar surface area (TPSA) is 124 Å². The molecule has 170 valence electrons. The summed E-state index contributed by atoms with van der Waals surface area (Å²) in [5.74, 6) is -2.02. The first-order chi connectivity index (χ1) is 16.0. The molecule has 1 aliphatic carbocycles. The number of nitrogens with zero attached hydrogens (tertiary/aromatic N) is 5. The van der Waals surface area contributed by atoms with Crippen molar-refractivity contribution < 1.29 is 22.7 Å². The van der Waals surface area contributed by atoms with Gasteiger partial charge >= 0.3 is 0 Å². The highest BCUT2D eigenvalue weighted by Crippen LogP contribution is 2.37. The first-order valence-corrected chi connectivity index (χ1v) is 10.3. The van der Waals surface area contributed by atoms with E-state index in [-0.39, 0.29) is 40.8 Å². The lowest BCUT2D eigenvalue weighted by molar-refractivity contribution is -0.0226. The molecule has 0 bridgehead atoms. The van der Waals surface area contributed by atoms with Gasteiger partial charge in [-0.05, 0) is 31.9 Å². The van der Waals surface area contributed by atoms with E-state index >= 15 is 0 Å². The van der Waals surface area contributed by atoms with Gasteiger partial charge in [0.05, 0.1) is 29.6 Å². The number of rotatable bonds is 7. The molecule has 0 saturated heterocycles. The molecule has 0 radical (unpaired) electrons. The monoisotopic (exact) mass is 455 g/mol. The van der Waals surface area contributed by atoms with Crippen LogP contribution in [0, 0.1) is 11.8 Å². The molecular weight excluding hydrogens is 436 g/mol. The molecule has 33 heavy (non-hydrogen) atoms. The van der Waals surface area contributed by atoms with Crippen molar-refractivity contribution in [2.24, 2.45) is 0 Å². The minimum absolute atomic E-state index is 0.00214. The second kappa shape index (κ2) is 8.54. The average molecular weight is 455 g/mol. The van der Waals surface area contributed by atoms with Crippen molar-refractivity contribution in [1.82, 2.24) is 29.9 Å². The molecule has 0 atom stereocenters. The number of aromatic nitrogens is 6. The zero-order valence-electron chi connectivity index (χ0n) is 17.5. The lowest BCUT2D eigenvalue weighted by atomic mass is 9.89. The molecule has 12 heteroatoms. The molecule has 0 aliphatic heterocycles. The van der Waals surface area contributed by atoms with E-state index in [1.54, 1.807) is 17.1 Å². The quantitative estimate of drug-likeness (QED) is 0.408. The van der Waals surface area contributed by atoms with Crippen LogP contribution in [0.3, 0.4) is 0 Å². The number of halogens is 2. The number of ether oxygens (including phenoxy) is 1. The Morgan fingerprint density at radius 2 is 2.15 bits per heavy atom. The predicted molar refractivity (Wildman–Crippen MR) is 111 cm³/mol. The molecule has 1 saturated carbocycles. The van der Waals surface area contributed by atoms with Crippen LogP contribution in [0.4, 0.5) is 14.5 Å². The van der Waals surface area contributed by atoms with Gasteiger partial charge in [0, 0.05) is 19.0 Å². The van der Waals surface area contributed by atoms with E-state index in [1.807, 2.05) is 6.92 Å². The van der Waals surface area contributed by atoms with Gasteiger partial charge in [-0.15, -0.1) is 0 Å². The Morgan fingerprint density at radius 3 is 2.91 bits per heavy atom. The number of oxazole rings is 1. The number of aromatic amines is 1. The lowest BCUT2D eigenvalue weighted by Crippen LogP contribution is -2.33. The Balaban J connectivity index is 1.44. The molecule has 1 amide bonds. The Morgan fingerprint density at radius 1 is 1.30 bits per heavy atom. The highest BCUT2D eigenvalue weighted by atomic mass is 19.1. The summed E-state index contributed by atoms with van der Waals surface area (Å²) in [4.78, 5) is 20.6. The minimum Gasteiger partial charge on any atom is -0.444 e.